The lowest BCUT2D eigenvalue weighted by atomic mass is 10.1. The Kier molecular flexibility index (Phi) is 5.03. The Morgan fingerprint density at radius 3 is 2.45 bits per heavy atom. The van der Waals surface area contributed by atoms with E-state index < -0.39 is 0 Å². The fraction of sp³-hybridized carbons (Fsp3) is 0.174. The van der Waals surface area contributed by atoms with Gasteiger partial charge in [-0.25, -0.2) is 4.68 Å². The summed E-state index contributed by atoms with van der Waals surface area (Å²) in [5, 5.41) is 4.43. The first-order valence-corrected chi connectivity index (χ1v) is 10.2. The summed E-state index contributed by atoms with van der Waals surface area (Å²) in [6, 6.07) is 19.0. The molecular weight excluding hydrogens is 382 g/mol. The number of aromatic nitrogens is 3. The number of ketones is 1. The molecule has 6 heteroatoms. The SMILES string of the molecule is Cc1ccc(-c2ccc(=O)n(CC(=O)c3cc(C)n(-c4ccccc4)c3C)n2)s1. The van der Waals surface area contributed by atoms with E-state index >= 15 is 0 Å². The Labute approximate surface area is 172 Å². The molecule has 4 rings (SSSR count). The van der Waals surface area contributed by atoms with Gasteiger partial charge >= 0.3 is 0 Å². The quantitative estimate of drug-likeness (QED) is 0.459. The molecule has 0 fully saturated rings. The Morgan fingerprint density at radius 1 is 1.00 bits per heavy atom. The van der Waals surface area contributed by atoms with E-state index in [2.05, 4.69) is 5.10 Å². The minimum atomic E-state index is -0.285. The third-order valence-electron chi connectivity index (χ3n) is 4.90. The molecule has 0 amide bonds. The molecule has 0 atom stereocenters. The van der Waals surface area contributed by atoms with Crippen molar-refractivity contribution in [1.29, 1.82) is 0 Å². The van der Waals surface area contributed by atoms with Crippen LogP contribution in [0.25, 0.3) is 16.3 Å². The Morgan fingerprint density at radius 2 is 1.76 bits per heavy atom. The van der Waals surface area contributed by atoms with Crippen LogP contribution in [0.1, 0.15) is 26.6 Å². The number of Topliss-reactive ketones (excluding diaryl/α,β-unsaturated/α-hetero) is 1. The van der Waals surface area contributed by atoms with Gasteiger partial charge in [-0.2, -0.15) is 5.10 Å². The van der Waals surface area contributed by atoms with E-state index in [1.807, 2.05) is 73.9 Å². The highest BCUT2D eigenvalue weighted by Gasteiger charge is 2.18. The molecule has 29 heavy (non-hydrogen) atoms. The summed E-state index contributed by atoms with van der Waals surface area (Å²) < 4.78 is 3.30. The first-order chi connectivity index (χ1) is 13.9. The summed E-state index contributed by atoms with van der Waals surface area (Å²) in [7, 11) is 0. The minimum Gasteiger partial charge on any atom is -0.318 e. The van der Waals surface area contributed by atoms with Crippen molar-refractivity contribution in [2.45, 2.75) is 27.3 Å². The number of hydrogen-bond acceptors (Lipinski definition) is 4. The van der Waals surface area contributed by atoms with Gasteiger partial charge in [-0.05, 0) is 57.2 Å². The van der Waals surface area contributed by atoms with Crippen molar-refractivity contribution in [3.8, 4) is 16.3 Å². The van der Waals surface area contributed by atoms with Crippen LogP contribution in [0.2, 0.25) is 0 Å². The van der Waals surface area contributed by atoms with Crippen LogP contribution in [0.15, 0.2) is 65.5 Å². The molecule has 0 saturated heterocycles. The van der Waals surface area contributed by atoms with Crippen molar-refractivity contribution in [3.63, 3.8) is 0 Å². The predicted octanol–water partition coefficient (Wildman–Crippen LogP) is 4.57. The first kappa shape index (κ1) is 19.1. The molecule has 0 bridgehead atoms. The maximum atomic E-state index is 13.0. The minimum absolute atomic E-state index is 0.0872. The number of hydrogen-bond donors (Lipinski definition) is 0. The van der Waals surface area contributed by atoms with Crippen LogP contribution in [0.4, 0.5) is 0 Å². The lowest BCUT2D eigenvalue weighted by molar-refractivity contribution is 0.0965. The zero-order valence-corrected chi connectivity index (χ0v) is 17.4. The maximum absolute atomic E-state index is 13.0. The zero-order valence-electron chi connectivity index (χ0n) is 16.5. The van der Waals surface area contributed by atoms with E-state index in [9.17, 15) is 9.59 Å². The van der Waals surface area contributed by atoms with E-state index in [1.54, 1.807) is 17.4 Å². The number of rotatable bonds is 5. The summed E-state index contributed by atoms with van der Waals surface area (Å²) in [5.41, 5.74) is 3.86. The Balaban J connectivity index is 1.66. The molecule has 0 saturated carbocycles. The number of aryl methyl sites for hydroxylation is 2. The number of carbonyl (C=O) groups excluding carboxylic acids is 1. The zero-order chi connectivity index (χ0) is 20.5. The molecule has 0 spiro atoms. The molecule has 4 aromatic rings. The van der Waals surface area contributed by atoms with Gasteiger partial charge in [0.05, 0.1) is 4.88 Å². The number of thiophene rings is 1. The molecule has 0 aliphatic rings. The third kappa shape index (κ3) is 3.71. The van der Waals surface area contributed by atoms with E-state index in [1.165, 1.54) is 15.6 Å². The number of carbonyl (C=O) groups is 1. The van der Waals surface area contributed by atoms with Crippen LogP contribution < -0.4 is 5.56 Å². The summed E-state index contributed by atoms with van der Waals surface area (Å²) in [4.78, 5) is 27.5. The van der Waals surface area contributed by atoms with Crippen molar-refractivity contribution in [3.05, 3.63) is 92.8 Å². The molecule has 0 aliphatic heterocycles. The van der Waals surface area contributed by atoms with Gasteiger partial charge in [0, 0.05) is 33.6 Å². The van der Waals surface area contributed by atoms with Gasteiger partial charge in [0.25, 0.3) is 5.56 Å². The van der Waals surface area contributed by atoms with Crippen LogP contribution in [-0.2, 0) is 6.54 Å². The van der Waals surface area contributed by atoms with E-state index in [0.29, 0.717) is 11.3 Å². The van der Waals surface area contributed by atoms with Crippen molar-refractivity contribution in [2.75, 3.05) is 0 Å². The molecular formula is C23H21N3O2S. The van der Waals surface area contributed by atoms with Gasteiger partial charge in [-0.1, -0.05) is 18.2 Å². The Hall–Kier alpha value is -3.25. The monoisotopic (exact) mass is 403 g/mol. The van der Waals surface area contributed by atoms with Gasteiger partial charge in [-0.3, -0.25) is 9.59 Å². The molecule has 3 aromatic heterocycles. The number of nitrogens with zero attached hydrogens (tertiary/aromatic N) is 3. The largest absolute Gasteiger partial charge is 0.318 e. The summed E-state index contributed by atoms with van der Waals surface area (Å²) >= 11 is 1.61. The van der Waals surface area contributed by atoms with Crippen LogP contribution in [0, 0.1) is 20.8 Å². The second-order valence-corrected chi connectivity index (χ2v) is 8.29. The Bertz CT molecular complexity index is 1250. The van der Waals surface area contributed by atoms with Crippen molar-refractivity contribution in [2.24, 2.45) is 0 Å². The normalized spacial score (nSPS) is 11.0. The molecule has 0 aliphatic carbocycles. The number of benzene rings is 1. The smallest absolute Gasteiger partial charge is 0.267 e. The molecule has 1 aromatic carbocycles. The van der Waals surface area contributed by atoms with Gasteiger partial charge in [0.2, 0.25) is 0 Å². The molecule has 0 N–H and O–H groups in total. The van der Waals surface area contributed by atoms with Crippen molar-refractivity contribution >= 4 is 17.1 Å². The predicted molar refractivity (Wildman–Crippen MR) is 116 cm³/mol. The van der Waals surface area contributed by atoms with Gasteiger partial charge in [0.15, 0.2) is 5.78 Å². The molecule has 0 unspecified atom stereocenters. The van der Waals surface area contributed by atoms with Crippen LogP contribution >= 0.6 is 11.3 Å². The van der Waals surface area contributed by atoms with Crippen molar-refractivity contribution in [1.82, 2.24) is 14.3 Å². The second-order valence-electron chi connectivity index (χ2n) is 7.00. The molecule has 0 radical (unpaired) electrons. The number of para-hydroxylation sites is 1. The summed E-state index contributed by atoms with van der Waals surface area (Å²) in [5.74, 6) is -0.130. The van der Waals surface area contributed by atoms with Crippen LogP contribution in [0.5, 0.6) is 0 Å². The third-order valence-corrected chi connectivity index (χ3v) is 5.92. The summed E-state index contributed by atoms with van der Waals surface area (Å²) in [6.07, 6.45) is 0. The van der Waals surface area contributed by atoms with E-state index in [0.717, 1.165) is 22.0 Å². The molecule has 5 nitrogen and oxygen atoms in total. The summed E-state index contributed by atoms with van der Waals surface area (Å²) in [6.45, 7) is 5.83. The second kappa shape index (κ2) is 7.64. The highest BCUT2D eigenvalue weighted by molar-refractivity contribution is 7.15. The van der Waals surface area contributed by atoms with Gasteiger partial charge < -0.3 is 4.57 Å². The average Bonchev–Trinajstić information content (AvgIpc) is 3.27. The highest BCUT2D eigenvalue weighted by Crippen LogP contribution is 2.25. The lowest BCUT2D eigenvalue weighted by Gasteiger charge is -2.10. The van der Waals surface area contributed by atoms with E-state index in [-0.39, 0.29) is 17.9 Å². The highest BCUT2D eigenvalue weighted by atomic mass is 32.1. The van der Waals surface area contributed by atoms with Crippen molar-refractivity contribution < 1.29 is 4.79 Å². The molecule has 146 valence electrons. The molecule has 3 heterocycles. The van der Waals surface area contributed by atoms with Crippen LogP contribution in [0.3, 0.4) is 0 Å². The lowest BCUT2D eigenvalue weighted by Crippen LogP contribution is -2.26. The fourth-order valence-corrected chi connectivity index (χ4v) is 4.34. The van der Waals surface area contributed by atoms with Gasteiger partial charge in [-0.15, -0.1) is 11.3 Å². The first-order valence-electron chi connectivity index (χ1n) is 9.36. The maximum Gasteiger partial charge on any atom is 0.267 e. The van der Waals surface area contributed by atoms with Crippen LogP contribution in [-0.4, -0.2) is 20.1 Å². The fourth-order valence-electron chi connectivity index (χ4n) is 3.51. The average molecular weight is 404 g/mol. The topological polar surface area (TPSA) is 56.9 Å². The van der Waals surface area contributed by atoms with E-state index in [4.69, 9.17) is 0 Å². The van der Waals surface area contributed by atoms with Gasteiger partial charge in [0.1, 0.15) is 12.2 Å². The standard InChI is InChI=1S/C23H21N3O2S/c1-15-13-19(17(3)26(15)18-7-5-4-6-8-18)21(27)14-25-23(28)12-10-20(24-25)22-11-9-16(2)29-22/h4-13H,14H2,1-3H3.